The fourth-order valence-electron chi connectivity index (χ4n) is 4.61. The number of para-hydroxylation sites is 1. The van der Waals surface area contributed by atoms with E-state index in [2.05, 4.69) is 41.0 Å². The smallest absolute Gasteiger partial charge is 0.225 e. The molecule has 0 saturated heterocycles. The van der Waals surface area contributed by atoms with Crippen molar-refractivity contribution < 1.29 is 0 Å². The first-order chi connectivity index (χ1) is 15.5. The Balaban J connectivity index is 1.31. The lowest BCUT2D eigenvalue weighted by Crippen LogP contribution is -2.42. The number of aromatic nitrogens is 2. The van der Waals surface area contributed by atoms with Crippen molar-refractivity contribution in [1.82, 2.24) is 15.3 Å². The van der Waals surface area contributed by atoms with Gasteiger partial charge in [0, 0.05) is 31.7 Å². The highest BCUT2D eigenvalue weighted by Crippen LogP contribution is 2.29. The van der Waals surface area contributed by atoms with Crippen LogP contribution in [0.5, 0.6) is 0 Å². The molecule has 4 rings (SSSR count). The highest BCUT2D eigenvalue weighted by Gasteiger charge is 2.24. The summed E-state index contributed by atoms with van der Waals surface area (Å²) in [7, 11) is 4.12. The summed E-state index contributed by atoms with van der Waals surface area (Å²) in [5.41, 5.74) is 3.86. The standard InChI is InChI=1S/C24H31N7S/c1-31(2)22-19-8-4-6-10-21(19)28-23(30-22)26-17-11-13-18(14-12-17)27-24(32)29-20-9-5-3-7-16(20)15-25/h3,5,7,9,17-18H,4,6,8,10-14H2,1-2H3,(H,26,28,30)(H2,27,29,32). The number of thiocarbonyl (C=S) groups is 1. The molecule has 0 spiro atoms. The van der Waals surface area contributed by atoms with E-state index in [0.717, 1.165) is 56.0 Å². The van der Waals surface area contributed by atoms with Gasteiger partial charge in [0.1, 0.15) is 11.9 Å². The molecule has 2 aliphatic carbocycles. The SMILES string of the molecule is CN(C)c1nc(NC2CCC(NC(=S)Nc3ccccc3C#N)CC2)nc2c1CCCC2. The molecular weight excluding hydrogens is 418 g/mol. The molecule has 0 unspecified atom stereocenters. The van der Waals surface area contributed by atoms with Crippen LogP contribution in [0, 0.1) is 11.3 Å². The van der Waals surface area contributed by atoms with Gasteiger partial charge in [0.2, 0.25) is 5.95 Å². The molecule has 0 atom stereocenters. The summed E-state index contributed by atoms with van der Waals surface area (Å²) in [4.78, 5) is 11.8. The minimum Gasteiger partial charge on any atom is -0.362 e. The molecule has 2 aliphatic rings. The third-order valence-corrected chi connectivity index (χ3v) is 6.50. The average Bonchev–Trinajstić information content (AvgIpc) is 2.80. The van der Waals surface area contributed by atoms with Gasteiger partial charge in [-0.3, -0.25) is 0 Å². The summed E-state index contributed by atoms with van der Waals surface area (Å²) in [5, 5.41) is 20.0. The largest absolute Gasteiger partial charge is 0.362 e. The van der Waals surface area contributed by atoms with E-state index < -0.39 is 0 Å². The Bertz CT molecular complexity index is 1010. The van der Waals surface area contributed by atoms with E-state index in [9.17, 15) is 5.26 Å². The zero-order valence-electron chi connectivity index (χ0n) is 18.8. The quantitative estimate of drug-likeness (QED) is 0.590. The molecule has 2 aromatic rings. The number of benzene rings is 1. The molecule has 1 aromatic heterocycles. The number of anilines is 3. The maximum absolute atomic E-state index is 9.24. The van der Waals surface area contributed by atoms with E-state index in [0.29, 0.717) is 22.8 Å². The molecule has 168 valence electrons. The van der Waals surface area contributed by atoms with Crippen LogP contribution in [0.2, 0.25) is 0 Å². The molecule has 32 heavy (non-hydrogen) atoms. The van der Waals surface area contributed by atoms with E-state index in [4.69, 9.17) is 22.2 Å². The number of aryl methyl sites for hydroxylation is 1. The van der Waals surface area contributed by atoms with Crippen molar-refractivity contribution in [1.29, 1.82) is 5.26 Å². The molecular formula is C24H31N7S. The van der Waals surface area contributed by atoms with Gasteiger partial charge in [0.25, 0.3) is 0 Å². The minimum atomic E-state index is 0.323. The van der Waals surface area contributed by atoms with Crippen molar-refractivity contribution >= 4 is 34.8 Å². The van der Waals surface area contributed by atoms with Gasteiger partial charge in [-0.2, -0.15) is 10.2 Å². The number of hydrogen-bond donors (Lipinski definition) is 3. The molecule has 0 radical (unpaired) electrons. The van der Waals surface area contributed by atoms with Gasteiger partial charge >= 0.3 is 0 Å². The molecule has 0 aliphatic heterocycles. The number of nitrogens with one attached hydrogen (secondary N) is 3. The highest BCUT2D eigenvalue weighted by atomic mass is 32.1. The van der Waals surface area contributed by atoms with E-state index in [-0.39, 0.29) is 0 Å². The lowest BCUT2D eigenvalue weighted by molar-refractivity contribution is 0.387. The molecule has 0 bridgehead atoms. The zero-order chi connectivity index (χ0) is 22.5. The summed E-state index contributed by atoms with van der Waals surface area (Å²) >= 11 is 5.48. The van der Waals surface area contributed by atoms with E-state index in [1.54, 1.807) is 6.07 Å². The maximum atomic E-state index is 9.24. The second kappa shape index (κ2) is 10.1. The average molecular weight is 450 g/mol. The van der Waals surface area contributed by atoms with Crippen LogP contribution in [0.1, 0.15) is 55.3 Å². The molecule has 7 nitrogen and oxygen atoms in total. The molecule has 1 saturated carbocycles. The van der Waals surface area contributed by atoms with Gasteiger partial charge in [0.05, 0.1) is 16.9 Å². The van der Waals surface area contributed by atoms with E-state index in [1.165, 1.54) is 24.1 Å². The summed E-state index contributed by atoms with van der Waals surface area (Å²) in [6, 6.07) is 10.3. The Morgan fingerprint density at radius 3 is 2.53 bits per heavy atom. The monoisotopic (exact) mass is 449 g/mol. The van der Waals surface area contributed by atoms with Gasteiger partial charge in [-0.25, -0.2) is 4.98 Å². The normalized spacial score (nSPS) is 19.9. The van der Waals surface area contributed by atoms with Gasteiger partial charge in [0.15, 0.2) is 5.11 Å². The molecule has 8 heteroatoms. The Labute approximate surface area is 195 Å². The molecule has 0 amide bonds. The van der Waals surface area contributed by atoms with Crippen molar-refractivity contribution in [2.45, 2.75) is 63.5 Å². The first kappa shape index (κ1) is 22.3. The van der Waals surface area contributed by atoms with Crippen LogP contribution in [0.15, 0.2) is 24.3 Å². The van der Waals surface area contributed by atoms with Crippen LogP contribution in [0.25, 0.3) is 0 Å². The van der Waals surface area contributed by atoms with Crippen LogP contribution >= 0.6 is 12.2 Å². The number of nitrogens with zero attached hydrogens (tertiary/aromatic N) is 4. The van der Waals surface area contributed by atoms with E-state index in [1.807, 2.05) is 18.2 Å². The third-order valence-electron chi connectivity index (χ3n) is 6.28. The van der Waals surface area contributed by atoms with Gasteiger partial charge in [-0.15, -0.1) is 0 Å². The Morgan fingerprint density at radius 2 is 1.78 bits per heavy atom. The van der Waals surface area contributed by atoms with Crippen LogP contribution < -0.4 is 20.9 Å². The molecule has 1 fully saturated rings. The van der Waals surface area contributed by atoms with E-state index >= 15 is 0 Å². The molecule has 3 N–H and O–H groups in total. The number of nitriles is 1. The van der Waals surface area contributed by atoms with Crippen LogP contribution in [-0.4, -0.2) is 41.3 Å². The van der Waals surface area contributed by atoms with Gasteiger partial charge < -0.3 is 20.9 Å². The van der Waals surface area contributed by atoms with Crippen molar-refractivity contribution in [2.24, 2.45) is 0 Å². The predicted molar refractivity (Wildman–Crippen MR) is 133 cm³/mol. The second-order valence-electron chi connectivity index (χ2n) is 8.85. The van der Waals surface area contributed by atoms with Crippen LogP contribution in [-0.2, 0) is 12.8 Å². The minimum absolute atomic E-state index is 0.323. The lowest BCUT2D eigenvalue weighted by Gasteiger charge is -2.31. The summed E-state index contributed by atoms with van der Waals surface area (Å²) in [6.45, 7) is 0. The number of fused-ring (bicyclic) bond motifs is 1. The van der Waals surface area contributed by atoms with Crippen molar-refractivity contribution in [3.63, 3.8) is 0 Å². The Kier molecular flexibility index (Phi) is 7.05. The first-order valence-electron chi connectivity index (χ1n) is 11.4. The lowest BCUT2D eigenvalue weighted by atomic mass is 9.91. The van der Waals surface area contributed by atoms with Gasteiger partial charge in [-0.1, -0.05) is 12.1 Å². The zero-order valence-corrected chi connectivity index (χ0v) is 19.6. The third kappa shape index (κ3) is 5.28. The van der Waals surface area contributed by atoms with Crippen LogP contribution in [0.4, 0.5) is 17.5 Å². The van der Waals surface area contributed by atoms with Crippen LogP contribution in [0.3, 0.4) is 0 Å². The molecule has 1 aromatic carbocycles. The maximum Gasteiger partial charge on any atom is 0.225 e. The fourth-order valence-corrected chi connectivity index (χ4v) is 4.88. The van der Waals surface area contributed by atoms with Crippen molar-refractivity contribution in [3.05, 3.63) is 41.1 Å². The van der Waals surface area contributed by atoms with Crippen molar-refractivity contribution in [2.75, 3.05) is 29.6 Å². The predicted octanol–water partition coefficient (Wildman–Crippen LogP) is 4.00. The Hall–Kier alpha value is -2.92. The van der Waals surface area contributed by atoms with Crippen molar-refractivity contribution in [3.8, 4) is 6.07 Å². The second-order valence-corrected chi connectivity index (χ2v) is 9.25. The Morgan fingerprint density at radius 1 is 1.06 bits per heavy atom. The fraction of sp³-hybridized carbons (Fsp3) is 0.500. The summed E-state index contributed by atoms with van der Waals surface area (Å²) < 4.78 is 0. The number of hydrogen-bond acceptors (Lipinski definition) is 6. The molecule has 1 heterocycles. The highest BCUT2D eigenvalue weighted by molar-refractivity contribution is 7.80. The summed E-state index contributed by atoms with van der Waals surface area (Å²) in [6.07, 6.45) is 8.66. The van der Waals surface area contributed by atoms with Gasteiger partial charge in [-0.05, 0) is 75.7 Å². The topological polar surface area (TPSA) is 88.9 Å². The first-order valence-corrected chi connectivity index (χ1v) is 11.8. The summed E-state index contributed by atoms with van der Waals surface area (Å²) in [5.74, 6) is 1.82. The number of rotatable bonds is 5.